The smallest absolute Gasteiger partial charge is 0.277 e. The topological polar surface area (TPSA) is 124 Å². The Morgan fingerprint density at radius 1 is 1.16 bits per heavy atom. The van der Waals surface area contributed by atoms with E-state index in [0.29, 0.717) is 30.0 Å². The second-order valence-electron chi connectivity index (χ2n) is 8.93. The van der Waals surface area contributed by atoms with Gasteiger partial charge in [0, 0.05) is 24.5 Å². The van der Waals surface area contributed by atoms with Crippen molar-refractivity contribution in [1.29, 1.82) is 0 Å². The zero-order valence-electron chi connectivity index (χ0n) is 20.4. The lowest BCUT2D eigenvalue weighted by molar-refractivity contribution is 0.0952. The van der Waals surface area contributed by atoms with E-state index in [1.165, 1.54) is 24.9 Å². The van der Waals surface area contributed by atoms with Gasteiger partial charge in [0.15, 0.2) is 5.69 Å². The Morgan fingerprint density at radius 2 is 1.92 bits per heavy atom. The maximum Gasteiger partial charge on any atom is 0.277 e. The van der Waals surface area contributed by atoms with Crippen molar-refractivity contribution >= 4 is 40.7 Å². The van der Waals surface area contributed by atoms with Crippen LogP contribution >= 0.6 is 11.6 Å². The quantitative estimate of drug-likeness (QED) is 0.409. The van der Waals surface area contributed by atoms with Crippen molar-refractivity contribution < 1.29 is 18.8 Å². The first-order chi connectivity index (χ1) is 17.7. The maximum absolute atomic E-state index is 13.5. The minimum Gasteiger partial charge on any atom is -0.364 e. The summed E-state index contributed by atoms with van der Waals surface area (Å²) in [4.78, 5) is 48.6. The fraction of sp³-hybridized carbons (Fsp3) is 0.308. The molecular formula is C26H28ClFN6O3. The summed E-state index contributed by atoms with van der Waals surface area (Å²) in [6.07, 6.45) is 4.70. The molecule has 2 heterocycles. The molecule has 1 fully saturated rings. The molecule has 0 unspecified atom stereocenters. The van der Waals surface area contributed by atoms with E-state index < -0.39 is 23.5 Å². The number of aromatic nitrogens is 2. The fourth-order valence-electron chi connectivity index (χ4n) is 4.37. The number of amides is 3. The summed E-state index contributed by atoms with van der Waals surface area (Å²) in [5.41, 5.74) is 7.25. The third-order valence-electron chi connectivity index (χ3n) is 6.37. The predicted molar refractivity (Wildman–Crippen MR) is 140 cm³/mol. The van der Waals surface area contributed by atoms with Crippen LogP contribution in [-0.4, -0.2) is 58.8 Å². The molecule has 1 saturated heterocycles. The summed E-state index contributed by atoms with van der Waals surface area (Å²) in [6.45, 7) is 4.77. The predicted octanol–water partition coefficient (Wildman–Crippen LogP) is 3.99. The van der Waals surface area contributed by atoms with Crippen LogP contribution in [0.1, 0.15) is 56.2 Å². The number of rotatable bonds is 8. The number of primary amides is 1. The highest BCUT2D eigenvalue weighted by molar-refractivity contribution is 6.34. The van der Waals surface area contributed by atoms with Gasteiger partial charge in [-0.15, -0.1) is 0 Å². The number of aryl methyl sites for hydroxylation is 1. The maximum atomic E-state index is 13.5. The van der Waals surface area contributed by atoms with Gasteiger partial charge in [-0.3, -0.25) is 14.4 Å². The van der Waals surface area contributed by atoms with E-state index in [2.05, 4.69) is 20.2 Å². The number of nitrogens with two attached hydrogens (primary N) is 1. The first-order valence-corrected chi connectivity index (χ1v) is 12.4. The number of nitrogens with zero attached hydrogens (tertiary/aromatic N) is 3. The van der Waals surface area contributed by atoms with E-state index in [0.717, 1.165) is 32.0 Å². The molecule has 4 N–H and O–H groups in total. The molecule has 0 atom stereocenters. The normalized spacial score (nSPS) is 13.8. The molecule has 1 aliphatic heterocycles. The number of hydrogen-bond acceptors (Lipinski definition) is 5. The largest absolute Gasteiger partial charge is 0.364 e. The van der Waals surface area contributed by atoms with Crippen molar-refractivity contribution in [2.24, 2.45) is 5.73 Å². The van der Waals surface area contributed by atoms with Gasteiger partial charge >= 0.3 is 0 Å². The van der Waals surface area contributed by atoms with E-state index in [4.69, 9.17) is 17.3 Å². The second-order valence-corrected chi connectivity index (χ2v) is 9.33. The lowest BCUT2D eigenvalue weighted by Crippen LogP contribution is -2.41. The molecule has 3 amide bonds. The van der Waals surface area contributed by atoms with Gasteiger partial charge in [-0.1, -0.05) is 18.0 Å². The van der Waals surface area contributed by atoms with Gasteiger partial charge in [0.05, 0.1) is 16.9 Å². The van der Waals surface area contributed by atoms with Gasteiger partial charge in [-0.2, -0.15) is 0 Å². The Morgan fingerprint density at radius 3 is 2.59 bits per heavy atom. The van der Waals surface area contributed by atoms with Crippen molar-refractivity contribution in [2.45, 2.75) is 26.2 Å². The third-order valence-corrected chi connectivity index (χ3v) is 6.68. The zero-order chi connectivity index (χ0) is 26.5. The molecule has 194 valence electrons. The van der Waals surface area contributed by atoms with Crippen molar-refractivity contribution in [1.82, 2.24) is 14.9 Å². The molecular weight excluding hydrogens is 499 g/mol. The van der Waals surface area contributed by atoms with Crippen molar-refractivity contribution in [3.63, 3.8) is 0 Å². The van der Waals surface area contributed by atoms with Crippen molar-refractivity contribution in [3.05, 3.63) is 76.1 Å². The zero-order valence-corrected chi connectivity index (χ0v) is 21.1. The average Bonchev–Trinajstić information content (AvgIpc) is 3.37. The highest BCUT2D eigenvalue weighted by Crippen LogP contribution is 2.26. The Hall–Kier alpha value is -3.76. The first kappa shape index (κ1) is 26.3. The van der Waals surface area contributed by atoms with Crippen molar-refractivity contribution in [3.8, 4) is 0 Å². The summed E-state index contributed by atoms with van der Waals surface area (Å²) in [7, 11) is 0. The molecule has 0 saturated carbocycles. The molecule has 0 spiro atoms. The van der Waals surface area contributed by atoms with Crippen LogP contribution in [0.15, 0.2) is 42.7 Å². The first-order valence-electron chi connectivity index (χ1n) is 12.0. The summed E-state index contributed by atoms with van der Waals surface area (Å²) < 4.78 is 13.4. The van der Waals surface area contributed by atoms with E-state index in [1.807, 2.05) is 0 Å². The molecule has 11 heteroatoms. The van der Waals surface area contributed by atoms with Gasteiger partial charge in [-0.05, 0) is 74.8 Å². The van der Waals surface area contributed by atoms with Crippen LogP contribution in [0.4, 0.5) is 15.8 Å². The van der Waals surface area contributed by atoms with Gasteiger partial charge in [0.2, 0.25) is 0 Å². The minimum atomic E-state index is -0.797. The standard InChI is InChI=1S/C26H28ClFN6O3/c1-16-13-18(6-8-21(16)32-25(36)19-7-5-17(28)14-20(19)27)34(12-11-33-9-3-2-4-10-33)26(37)23-22(24(29)35)30-15-31-23/h5-8,13-15H,2-4,9-12H2,1H3,(H2,29,35)(H,30,31)(H,32,36). The fourth-order valence-corrected chi connectivity index (χ4v) is 4.62. The molecule has 37 heavy (non-hydrogen) atoms. The lowest BCUT2D eigenvalue weighted by atomic mass is 10.1. The molecule has 3 aromatic rings. The molecule has 1 aliphatic rings. The van der Waals surface area contributed by atoms with Crippen LogP contribution in [0.5, 0.6) is 0 Å². The number of hydrogen-bond donors (Lipinski definition) is 3. The van der Waals surface area contributed by atoms with Crippen LogP contribution in [0.3, 0.4) is 0 Å². The van der Waals surface area contributed by atoms with Gasteiger partial charge < -0.3 is 25.8 Å². The Labute approximate surface area is 218 Å². The van der Waals surface area contributed by atoms with E-state index in [1.54, 1.807) is 30.0 Å². The molecule has 0 radical (unpaired) electrons. The monoisotopic (exact) mass is 526 g/mol. The van der Waals surface area contributed by atoms with E-state index in [9.17, 15) is 18.8 Å². The lowest BCUT2D eigenvalue weighted by Gasteiger charge is -2.30. The van der Waals surface area contributed by atoms with Gasteiger partial charge in [0.1, 0.15) is 11.5 Å². The number of halogens is 2. The van der Waals surface area contributed by atoms with E-state index >= 15 is 0 Å². The number of piperidine rings is 1. The Balaban J connectivity index is 1.59. The van der Waals surface area contributed by atoms with Crippen LogP contribution < -0.4 is 16.0 Å². The SMILES string of the molecule is Cc1cc(N(CCN2CCCCC2)C(=O)c2[nH]cnc2C(N)=O)ccc1NC(=O)c1ccc(F)cc1Cl. The average molecular weight is 527 g/mol. The number of likely N-dealkylation sites (tertiary alicyclic amines) is 1. The van der Waals surface area contributed by atoms with Gasteiger partial charge in [-0.25, -0.2) is 9.37 Å². The van der Waals surface area contributed by atoms with Crippen molar-refractivity contribution in [2.75, 3.05) is 36.4 Å². The second kappa shape index (κ2) is 11.5. The summed E-state index contributed by atoms with van der Waals surface area (Å²) in [5.74, 6) is -2.25. The molecule has 0 aliphatic carbocycles. The molecule has 1 aromatic heterocycles. The van der Waals surface area contributed by atoms with Crippen LogP contribution in [-0.2, 0) is 0 Å². The Bertz CT molecular complexity index is 1320. The number of imidazole rings is 1. The molecule has 2 aromatic carbocycles. The van der Waals surface area contributed by atoms with Crippen LogP contribution in [0, 0.1) is 12.7 Å². The number of carbonyl (C=O) groups excluding carboxylic acids is 3. The highest BCUT2D eigenvalue weighted by atomic mass is 35.5. The number of benzene rings is 2. The summed E-state index contributed by atoms with van der Waals surface area (Å²) >= 11 is 6.02. The Kier molecular flexibility index (Phi) is 8.20. The summed E-state index contributed by atoms with van der Waals surface area (Å²) in [6, 6.07) is 8.73. The third kappa shape index (κ3) is 6.15. The number of anilines is 2. The molecule has 0 bridgehead atoms. The number of carbonyl (C=O) groups is 3. The number of aromatic amines is 1. The summed E-state index contributed by atoms with van der Waals surface area (Å²) in [5, 5.41) is 2.79. The number of H-pyrrole nitrogens is 1. The van der Waals surface area contributed by atoms with Crippen LogP contribution in [0.25, 0.3) is 0 Å². The van der Waals surface area contributed by atoms with E-state index in [-0.39, 0.29) is 22.0 Å². The van der Waals surface area contributed by atoms with Crippen LogP contribution in [0.2, 0.25) is 5.02 Å². The minimum absolute atomic E-state index is 0.00562. The highest BCUT2D eigenvalue weighted by Gasteiger charge is 2.26. The number of nitrogens with one attached hydrogen (secondary N) is 2. The molecule has 4 rings (SSSR count). The molecule has 9 nitrogen and oxygen atoms in total. The van der Waals surface area contributed by atoms with Gasteiger partial charge in [0.25, 0.3) is 17.7 Å².